The van der Waals surface area contributed by atoms with Crippen LogP contribution in [0.2, 0.25) is 0 Å². The van der Waals surface area contributed by atoms with Crippen LogP contribution in [0.5, 0.6) is 5.75 Å². The number of methoxy groups -OCH3 is 1. The van der Waals surface area contributed by atoms with Gasteiger partial charge in [-0.15, -0.1) is 0 Å². The number of phenols is 1. The molecule has 1 aromatic carbocycles. The average Bonchev–Trinajstić information content (AvgIpc) is 2.37. The molecule has 1 aromatic rings. The average molecular weight is 382 g/mol. The number of carbonyl (C=O) groups excluding carboxylic acids is 2. The third-order valence-corrected chi connectivity index (χ3v) is 7.00. The second-order valence-corrected chi connectivity index (χ2v) is 8.01. The SMILES string of the molecule is COC(=O)C(c1ccc(O)c(C=O)c1)([SH](=O)(O)O)[SH](=O)(O)O.[NaH]. The Bertz CT molecular complexity index is 684. The normalized spacial score (nSPS) is 15.7. The molecule has 128 valence electrons. The fraction of sp³-hybridized carbons (Fsp3) is 0.200. The molecule has 0 spiro atoms. The van der Waals surface area contributed by atoms with Crippen molar-refractivity contribution in [3.8, 4) is 5.75 Å². The molecule has 0 atom stereocenters. The van der Waals surface area contributed by atoms with Gasteiger partial charge < -0.3 is 28.1 Å². The van der Waals surface area contributed by atoms with Crippen LogP contribution in [-0.4, -0.2) is 80.7 Å². The zero-order chi connectivity index (χ0) is 17.3. The molecule has 23 heavy (non-hydrogen) atoms. The summed E-state index contributed by atoms with van der Waals surface area (Å²) in [5.74, 6) is -2.48. The van der Waals surface area contributed by atoms with Gasteiger partial charge in [-0.1, -0.05) is 6.07 Å². The van der Waals surface area contributed by atoms with Crippen molar-refractivity contribution in [2.75, 3.05) is 7.11 Å². The van der Waals surface area contributed by atoms with Crippen LogP contribution in [-0.2, 0) is 34.6 Å². The number of ether oxygens (including phenoxy) is 1. The molecule has 0 aliphatic heterocycles. The Morgan fingerprint density at radius 3 is 2.00 bits per heavy atom. The van der Waals surface area contributed by atoms with Crippen LogP contribution < -0.4 is 0 Å². The molecule has 13 heteroatoms. The Labute approximate surface area is 154 Å². The van der Waals surface area contributed by atoms with Gasteiger partial charge in [-0.25, -0.2) is 13.2 Å². The van der Waals surface area contributed by atoms with E-state index in [0.29, 0.717) is 19.2 Å². The molecule has 0 amide bonds. The number of hydrogen-bond acceptors (Lipinski definition) is 6. The number of carbonyl (C=O) groups is 2. The van der Waals surface area contributed by atoms with Crippen LogP contribution in [0.25, 0.3) is 0 Å². The molecule has 0 aliphatic rings. The van der Waals surface area contributed by atoms with E-state index < -0.39 is 47.9 Å². The molecule has 0 saturated carbocycles. The fourth-order valence-electron chi connectivity index (χ4n) is 1.87. The van der Waals surface area contributed by atoms with Crippen LogP contribution in [0.15, 0.2) is 18.2 Å². The molecule has 0 saturated heterocycles. The number of phenolic OH excluding ortho intramolecular Hbond substituents is 1. The minimum absolute atomic E-state index is 0. The van der Waals surface area contributed by atoms with Crippen molar-refractivity contribution in [1.82, 2.24) is 0 Å². The number of esters is 1. The van der Waals surface area contributed by atoms with Crippen molar-refractivity contribution in [2.24, 2.45) is 0 Å². The van der Waals surface area contributed by atoms with Crippen molar-refractivity contribution < 1.29 is 46.1 Å². The van der Waals surface area contributed by atoms with Gasteiger partial charge in [0.05, 0.1) is 12.7 Å². The summed E-state index contributed by atoms with van der Waals surface area (Å²) >= 11 is 0. The Morgan fingerprint density at radius 2 is 1.65 bits per heavy atom. The molecular formula is C10H15NaO10S2. The molecule has 0 radical (unpaired) electrons. The second-order valence-electron chi connectivity index (χ2n) is 4.14. The summed E-state index contributed by atoms with van der Waals surface area (Å²) in [5.41, 5.74) is -1.38. The van der Waals surface area contributed by atoms with E-state index in [2.05, 4.69) is 4.74 Å². The zero-order valence-electron chi connectivity index (χ0n) is 11.0. The summed E-state index contributed by atoms with van der Waals surface area (Å²) < 4.78 is 61.7. The first-order valence-corrected chi connectivity index (χ1v) is 8.64. The van der Waals surface area contributed by atoms with E-state index in [9.17, 15) is 41.3 Å². The topological polar surface area (TPSA) is 179 Å². The number of aromatic hydroxyl groups is 1. The summed E-state index contributed by atoms with van der Waals surface area (Å²) in [6.45, 7) is 0. The monoisotopic (exact) mass is 382 g/mol. The van der Waals surface area contributed by atoms with E-state index in [1.165, 1.54) is 0 Å². The predicted molar refractivity (Wildman–Crippen MR) is 83.9 cm³/mol. The van der Waals surface area contributed by atoms with Crippen molar-refractivity contribution in [1.29, 1.82) is 0 Å². The number of benzene rings is 1. The van der Waals surface area contributed by atoms with Gasteiger partial charge in [-0.3, -0.25) is 4.79 Å². The summed E-state index contributed by atoms with van der Waals surface area (Å²) in [4.78, 5) is 22.6. The van der Waals surface area contributed by atoms with Gasteiger partial charge in [0.25, 0.3) is 4.08 Å². The van der Waals surface area contributed by atoms with Gasteiger partial charge in [-0.2, -0.15) is 0 Å². The summed E-state index contributed by atoms with van der Waals surface area (Å²) in [5, 5.41) is 9.37. The van der Waals surface area contributed by atoms with Gasteiger partial charge in [0.2, 0.25) is 0 Å². The Hall–Kier alpha value is -0.700. The first-order valence-electron chi connectivity index (χ1n) is 5.41. The zero-order valence-corrected chi connectivity index (χ0v) is 12.8. The maximum absolute atomic E-state index is 11.9. The first kappa shape index (κ1) is 22.3. The summed E-state index contributed by atoms with van der Waals surface area (Å²) in [6.07, 6.45) is 0.0836. The Balaban J connectivity index is 0.00000484. The summed E-state index contributed by atoms with van der Waals surface area (Å²) in [7, 11) is -10.9. The molecule has 10 nitrogen and oxygen atoms in total. The van der Waals surface area contributed by atoms with Gasteiger partial charge >= 0.3 is 35.5 Å². The molecule has 1 rings (SSSR count). The maximum atomic E-state index is 11.9. The summed E-state index contributed by atoms with van der Waals surface area (Å²) in [6, 6.07) is 2.07. The second kappa shape index (κ2) is 7.46. The number of aldehydes is 1. The van der Waals surface area contributed by atoms with Gasteiger partial charge in [0.1, 0.15) is 26.7 Å². The van der Waals surface area contributed by atoms with Crippen molar-refractivity contribution in [2.45, 2.75) is 4.08 Å². The van der Waals surface area contributed by atoms with E-state index in [-0.39, 0.29) is 35.8 Å². The third-order valence-electron chi connectivity index (χ3n) is 2.87. The quantitative estimate of drug-likeness (QED) is 0.142. The van der Waals surface area contributed by atoms with Crippen LogP contribution >= 0.6 is 0 Å². The Morgan fingerprint density at radius 1 is 1.17 bits per heavy atom. The van der Waals surface area contributed by atoms with E-state index in [0.717, 1.165) is 6.07 Å². The molecule has 0 aromatic heterocycles. The Kier molecular flexibility index (Phi) is 7.23. The van der Waals surface area contributed by atoms with E-state index >= 15 is 0 Å². The van der Waals surface area contributed by atoms with Crippen LogP contribution in [0, 0.1) is 0 Å². The number of rotatable bonds is 5. The van der Waals surface area contributed by atoms with E-state index in [4.69, 9.17) is 0 Å². The molecule has 0 bridgehead atoms. The van der Waals surface area contributed by atoms with E-state index in [1.807, 2.05) is 0 Å². The van der Waals surface area contributed by atoms with Gasteiger partial charge in [0.15, 0.2) is 6.29 Å². The molecule has 0 aliphatic carbocycles. The third kappa shape index (κ3) is 3.70. The van der Waals surface area contributed by atoms with Crippen LogP contribution in [0.3, 0.4) is 0 Å². The van der Waals surface area contributed by atoms with Crippen LogP contribution in [0.4, 0.5) is 0 Å². The van der Waals surface area contributed by atoms with Crippen LogP contribution in [0.1, 0.15) is 15.9 Å². The predicted octanol–water partition coefficient (Wildman–Crippen LogP) is -1.19. The fourth-order valence-corrected chi connectivity index (χ4v) is 4.84. The molecule has 5 N–H and O–H groups in total. The van der Waals surface area contributed by atoms with Gasteiger partial charge in [-0.05, 0) is 12.1 Å². The molecule has 0 fully saturated rings. The van der Waals surface area contributed by atoms with E-state index in [1.54, 1.807) is 0 Å². The first-order chi connectivity index (χ1) is 9.93. The molecule has 0 unspecified atom stereocenters. The van der Waals surface area contributed by atoms with Crippen molar-refractivity contribution in [3.05, 3.63) is 29.3 Å². The molecule has 0 heterocycles. The van der Waals surface area contributed by atoms with Crippen molar-refractivity contribution in [3.63, 3.8) is 0 Å². The molecular weight excluding hydrogens is 367 g/mol. The standard InChI is InChI=1S/C10H14O10S2.Na.H/c1-20-9(13)10(21(14,15)16,22(17,18)19)7-2-3-8(12)6(4-7)5-11;;/h2-5,12,21-22H,1H3,(H2,14,15,16)(H2,17,18,19);;. The number of thiol groups is 2. The minimum atomic E-state index is -5.80. The number of hydrogen-bond donors (Lipinski definition) is 7. The van der Waals surface area contributed by atoms with Gasteiger partial charge in [0, 0.05) is 5.56 Å². The van der Waals surface area contributed by atoms with Crippen molar-refractivity contribution >= 4 is 62.8 Å².